The zero-order chi connectivity index (χ0) is 25.6. The van der Waals surface area contributed by atoms with Gasteiger partial charge in [0.15, 0.2) is 17.5 Å². The highest BCUT2D eigenvalue weighted by Gasteiger charge is 2.30. The van der Waals surface area contributed by atoms with E-state index in [0.29, 0.717) is 5.92 Å². The van der Waals surface area contributed by atoms with Crippen LogP contribution in [0.1, 0.15) is 82.3 Å². The third-order valence-corrected chi connectivity index (χ3v) is 7.82. The maximum Gasteiger partial charge on any atom is 0.501 e. The molecule has 1 atom stereocenters. The van der Waals surface area contributed by atoms with Crippen molar-refractivity contribution in [3.63, 3.8) is 0 Å². The first kappa shape index (κ1) is 25.3. The molecule has 5 rings (SSSR count). The molecular formula is C33H39N2O2+. The molecule has 0 aromatic heterocycles. The standard InChI is InChI=1S/C33H38N2O2/c1-3-11-29-23-35(33(36)34-30-15-10-9-12-24(30)4-2)31-21-20-28(22-32(31)37-29)27-18-16-26(17-19-27)25-13-7-5-6-8-14-25/h9-10,12,15-23,25,29H,3-8,11,13-14H2,1-2H3/p+1. The average molecular weight is 496 g/mol. The molecule has 1 saturated carbocycles. The van der Waals surface area contributed by atoms with Crippen molar-refractivity contribution in [2.75, 3.05) is 5.32 Å². The lowest BCUT2D eigenvalue weighted by atomic mass is 9.90. The van der Waals surface area contributed by atoms with Crippen LogP contribution in [0.2, 0.25) is 0 Å². The van der Waals surface area contributed by atoms with Gasteiger partial charge >= 0.3 is 6.03 Å². The Hall–Kier alpha value is -3.40. The van der Waals surface area contributed by atoms with Gasteiger partial charge in [0.05, 0.1) is 0 Å². The number of benzene rings is 3. The van der Waals surface area contributed by atoms with Gasteiger partial charge < -0.3 is 4.74 Å². The SMILES string of the molecule is CCCC1C=[N+](C(=O)Nc2ccccc2CC)c2ccc(-c3ccc(C4CCCCCC4)cc3)cc2O1. The Kier molecular flexibility index (Phi) is 8.03. The first-order chi connectivity index (χ1) is 18.2. The van der Waals surface area contributed by atoms with E-state index in [1.54, 1.807) is 4.58 Å². The van der Waals surface area contributed by atoms with Crippen LogP contribution in [0, 0.1) is 0 Å². The zero-order valence-corrected chi connectivity index (χ0v) is 22.2. The fourth-order valence-corrected chi connectivity index (χ4v) is 5.71. The summed E-state index contributed by atoms with van der Waals surface area (Å²) in [4.78, 5) is 13.4. The van der Waals surface area contributed by atoms with E-state index in [1.807, 2.05) is 30.5 Å². The maximum absolute atomic E-state index is 13.4. The summed E-state index contributed by atoms with van der Waals surface area (Å²) in [5, 5.41) is 3.12. The second-order valence-corrected chi connectivity index (χ2v) is 10.4. The Morgan fingerprint density at radius 1 is 0.919 bits per heavy atom. The van der Waals surface area contributed by atoms with Gasteiger partial charge in [-0.05, 0) is 78.1 Å². The molecule has 37 heavy (non-hydrogen) atoms. The molecule has 0 saturated heterocycles. The lowest BCUT2D eigenvalue weighted by Gasteiger charge is -2.23. The van der Waals surface area contributed by atoms with Crippen LogP contribution in [-0.2, 0) is 6.42 Å². The number of urea groups is 1. The molecule has 192 valence electrons. The third kappa shape index (κ3) is 5.79. The second kappa shape index (κ2) is 11.8. The molecule has 0 bridgehead atoms. The van der Waals surface area contributed by atoms with Gasteiger partial charge in [0.25, 0.3) is 0 Å². The molecule has 1 unspecified atom stereocenters. The molecule has 2 aliphatic rings. The number of carbonyl (C=O) groups is 1. The number of carbonyl (C=O) groups excluding carboxylic acids is 1. The molecule has 3 aromatic rings. The van der Waals surface area contributed by atoms with Crippen molar-refractivity contribution in [1.29, 1.82) is 0 Å². The topological polar surface area (TPSA) is 41.3 Å². The summed E-state index contributed by atoms with van der Waals surface area (Å²) in [5.41, 5.74) is 6.51. The van der Waals surface area contributed by atoms with Gasteiger partial charge in [0, 0.05) is 0 Å². The minimum absolute atomic E-state index is 0.141. The van der Waals surface area contributed by atoms with Crippen LogP contribution in [0.25, 0.3) is 11.1 Å². The van der Waals surface area contributed by atoms with Crippen molar-refractivity contribution < 1.29 is 14.1 Å². The molecule has 1 N–H and O–H groups in total. The van der Waals surface area contributed by atoms with Crippen molar-refractivity contribution in [2.24, 2.45) is 0 Å². The van der Waals surface area contributed by atoms with E-state index < -0.39 is 0 Å². The van der Waals surface area contributed by atoms with Gasteiger partial charge in [-0.3, -0.25) is 0 Å². The second-order valence-electron chi connectivity index (χ2n) is 10.4. The summed E-state index contributed by atoms with van der Waals surface area (Å²) in [6.45, 7) is 4.24. The number of amides is 2. The van der Waals surface area contributed by atoms with E-state index in [9.17, 15) is 4.79 Å². The van der Waals surface area contributed by atoms with Crippen molar-refractivity contribution >= 4 is 23.6 Å². The monoisotopic (exact) mass is 495 g/mol. The smallest absolute Gasteiger partial charge is 0.478 e. The number of hydrogen-bond donors (Lipinski definition) is 1. The largest absolute Gasteiger partial charge is 0.501 e. The molecule has 2 amide bonds. The number of ether oxygens (including phenoxy) is 1. The van der Waals surface area contributed by atoms with Crippen molar-refractivity contribution in [3.05, 3.63) is 77.9 Å². The summed E-state index contributed by atoms with van der Waals surface area (Å²) < 4.78 is 8.09. The Morgan fingerprint density at radius 3 is 2.38 bits per heavy atom. The van der Waals surface area contributed by atoms with E-state index in [2.05, 4.69) is 61.6 Å². The first-order valence-corrected chi connectivity index (χ1v) is 14.1. The molecule has 3 aromatic carbocycles. The number of rotatable bonds is 6. The number of nitrogens with one attached hydrogen (secondary N) is 1. The number of para-hydroxylation sites is 1. The van der Waals surface area contributed by atoms with Crippen LogP contribution in [0.4, 0.5) is 16.2 Å². The Morgan fingerprint density at radius 2 is 1.65 bits per heavy atom. The summed E-state index contributed by atoms with van der Waals surface area (Å²) in [6.07, 6.45) is 12.5. The fraction of sp³-hybridized carbons (Fsp3) is 0.394. The predicted molar refractivity (Wildman–Crippen MR) is 152 cm³/mol. The average Bonchev–Trinajstić information content (AvgIpc) is 3.23. The van der Waals surface area contributed by atoms with Crippen molar-refractivity contribution in [2.45, 2.75) is 83.7 Å². The Labute approximate surface area is 221 Å². The van der Waals surface area contributed by atoms with Gasteiger partial charge in [0.2, 0.25) is 0 Å². The maximum atomic E-state index is 13.4. The van der Waals surface area contributed by atoms with Crippen LogP contribution in [0.15, 0.2) is 66.7 Å². The number of nitrogens with zero attached hydrogens (tertiary/aromatic N) is 1. The van der Waals surface area contributed by atoms with E-state index in [4.69, 9.17) is 4.74 Å². The highest BCUT2D eigenvalue weighted by Crippen LogP contribution is 2.37. The molecule has 4 heteroatoms. The molecule has 1 fully saturated rings. The lowest BCUT2D eigenvalue weighted by molar-refractivity contribution is -0.331. The summed E-state index contributed by atoms with van der Waals surface area (Å²) in [7, 11) is 0. The predicted octanol–water partition coefficient (Wildman–Crippen LogP) is 8.86. The van der Waals surface area contributed by atoms with E-state index in [0.717, 1.165) is 47.5 Å². The van der Waals surface area contributed by atoms with Gasteiger partial charge in [-0.25, -0.2) is 5.32 Å². The molecule has 1 aliphatic heterocycles. The van der Waals surface area contributed by atoms with Gasteiger partial charge in [-0.1, -0.05) is 88.4 Å². The minimum atomic E-state index is -0.160. The zero-order valence-electron chi connectivity index (χ0n) is 22.2. The summed E-state index contributed by atoms with van der Waals surface area (Å²) in [5.74, 6) is 1.45. The molecular weight excluding hydrogens is 456 g/mol. The minimum Gasteiger partial charge on any atom is -0.478 e. The van der Waals surface area contributed by atoms with Gasteiger partial charge in [0.1, 0.15) is 11.9 Å². The first-order valence-electron chi connectivity index (χ1n) is 14.1. The molecule has 0 spiro atoms. The van der Waals surface area contributed by atoms with Crippen molar-refractivity contribution in [3.8, 4) is 16.9 Å². The molecule has 0 radical (unpaired) electrons. The number of aryl methyl sites for hydroxylation is 1. The van der Waals surface area contributed by atoms with Crippen LogP contribution in [-0.4, -0.2) is 22.9 Å². The van der Waals surface area contributed by atoms with Gasteiger partial charge in [-0.2, -0.15) is 9.37 Å². The molecule has 4 nitrogen and oxygen atoms in total. The number of anilines is 1. The van der Waals surface area contributed by atoms with Crippen LogP contribution in [0.5, 0.6) is 5.75 Å². The summed E-state index contributed by atoms with van der Waals surface area (Å²) >= 11 is 0. The van der Waals surface area contributed by atoms with Crippen LogP contribution >= 0.6 is 0 Å². The van der Waals surface area contributed by atoms with Crippen molar-refractivity contribution in [1.82, 2.24) is 0 Å². The normalized spacial score (nSPS) is 17.8. The highest BCUT2D eigenvalue weighted by molar-refractivity contribution is 5.90. The van der Waals surface area contributed by atoms with E-state index in [-0.39, 0.29) is 12.1 Å². The number of fused-ring (bicyclic) bond motifs is 1. The Balaban J connectivity index is 1.40. The highest BCUT2D eigenvalue weighted by atomic mass is 16.5. The number of hydrogen-bond acceptors (Lipinski definition) is 2. The molecule has 1 aliphatic carbocycles. The van der Waals surface area contributed by atoms with Crippen LogP contribution in [0.3, 0.4) is 0 Å². The van der Waals surface area contributed by atoms with Gasteiger partial charge in [-0.15, -0.1) is 0 Å². The third-order valence-electron chi connectivity index (χ3n) is 7.82. The summed E-state index contributed by atoms with van der Waals surface area (Å²) in [6, 6.07) is 23.1. The fourth-order valence-electron chi connectivity index (χ4n) is 5.71. The quantitative estimate of drug-likeness (QED) is 0.274. The molecule has 1 heterocycles. The lowest BCUT2D eigenvalue weighted by Crippen LogP contribution is -2.34. The van der Waals surface area contributed by atoms with E-state index >= 15 is 0 Å². The van der Waals surface area contributed by atoms with E-state index in [1.165, 1.54) is 49.7 Å². The van der Waals surface area contributed by atoms with Crippen LogP contribution < -0.4 is 10.1 Å². The Bertz CT molecular complexity index is 1250.